The van der Waals surface area contributed by atoms with Crippen LogP contribution in [0.4, 0.5) is 33.2 Å². The summed E-state index contributed by atoms with van der Waals surface area (Å²) in [5.41, 5.74) is -0.298. The van der Waals surface area contributed by atoms with Crippen molar-refractivity contribution in [1.29, 1.82) is 0 Å². The van der Waals surface area contributed by atoms with E-state index in [1.165, 1.54) is 84.9 Å². The van der Waals surface area contributed by atoms with Gasteiger partial charge in [-0.2, -0.15) is 8.42 Å². The third-order valence-electron chi connectivity index (χ3n) is 12.7. The number of carbonyl (C=O) groups excluding carboxylic acids is 5. The van der Waals surface area contributed by atoms with E-state index in [0.717, 1.165) is 12.1 Å². The van der Waals surface area contributed by atoms with Crippen LogP contribution in [-0.4, -0.2) is 107 Å². The van der Waals surface area contributed by atoms with Crippen LogP contribution < -0.4 is 26.6 Å². The average molecular weight is 1290 g/mol. The number of carbonyl (C=O) groups is 5. The Hall–Kier alpha value is -8.91. The van der Waals surface area contributed by atoms with Crippen molar-refractivity contribution in [2.75, 3.05) is 26.6 Å². The molecule has 0 spiro atoms. The molecule has 8 aromatic carbocycles. The molecule has 0 atom stereocenters. The van der Waals surface area contributed by atoms with Crippen LogP contribution in [0.25, 0.3) is 21.5 Å². The fourth-order valence-electron chi connectivity index (χ4n) is 8.69. The summed E-state index contributed by atoms with van der Waals surface area (Å²) in [5, 5.41) is 9.07. The third-order valence-corrected chi connectivity index (χ3v) is 17.8. The molecule has 0 saturated carbocycles. The summed E-state index contributed by atoms with van der Waals surface area (Å²) >= 11 is 0. The quantitative estimate of drug-likeness (QED) is 0.0503. The lowest BCUT2D eigenvalue weighted by molar-refractivity contribution is 0.0988. The van der Waals surface area contributed by atoms with Crippen molar-refractivity contribution in [3.8, 4) is 0 Å². The predicted molar refractivity (Wildman–Crippen MR) is 297 cm³/mol. The minimum Gasteiger partial charge on any atom is -0.744 e. The van der Waals surface area contributed by atoms with Crippen molar-refractivity contribution in [3.63, 3.8) is 0 Å². The van der Waals surface area contributed by atoms with E-state index in [1.807, 2.05) is 0 Å². The number of anilines is 5. The monoisotopic (exact) mass is 1290 g/mol. The molecule has 0 saturated heterocycles. The zero-order chi connectivity index (χ0) is 63.4. The molecule has 0 aliphatic heterocycles. The van der Waals surface area contributed by atoms with Gasteiger partial charge in [-0.3, -0.25) is 23.7 Å². The van der Waals surface area contributed by atoms with Gasteiger partial charge in [0.2, 0.25) is 0 Å². The summed E-state index contributed by atoms with van der Waals surface area (Å²) in [5.74, 6) is -3.41. The number of hydrogen-bond donors (Lipinski definition) is 6. The highest BCUT2D eigenvalue weighted by Gasteiger charge is 2.26. The summed E-state index contributed by atoms with van der Waals surface area (Å²) in [6.45, 7) is 3.10. The van der Waals surface area contributed by atoms with Gasteiger partial charge in [0, 0.05) is 73.0 Å². The predicted octanol–water partition coefficient (Wildman–Crippen LogP) is 5.20. The number of hydrogen-bond acceptors (Lipinski definition) is 22. The zero-order valence-electron chi connectivity index (χ0n) is 43.3. The first-order chi connectivity index (χ1) is 39.8. The van der Waals surface area contributed by atoms with E-state index in [-0.39, 0.29) is 62.7 Å². The van der Waals surface area contributed by atoms with Crippen molar-refractivity contribution >= 4 is 140 Å². The molecular formula is C52H36N5O23S6-5. The number of rotatable bonds is 17. The zero-order valence-corrected chi connectivity index (χ0v) is 48.2. The second-order valence-electron chi connectivity index (χ2n) is 18.5. The van der Waals surface area contributed by atoms with Gasteiger partial charge in [0.1, 0.15) is 55.5 Å². The van der Waals surface area contributed by atoms with Crippen molar-refractivity contribution in [2.24, 2.45) is 0 Å². The summed E-state index contributed by atoms with van der Waals surface area (Å²) in [7, 11) is -33.3. The van der Waals surface area contributed by atoms with Gasteiger partial charge in [0.15, 0.2) is 5.78 Å². The van der Waals surface area contributed by atoms with Crippen LogP contribution in [0.15, 0.2) is 163 Å². The SMILES string of the molecule is Cc1ccc(C(=O)Cc2ccc(S(=O)(=O)[O-])c3cc(S(=O)(=O)[O-])cc(S(=O)(=O)[O-])c23)cc1NC(=O)c1cccc(NC(=O)Nc2cccc(C(=O)Nc3cc(C(=O)Nc4ccc(S(=O)(=O)O)c5cc(S(=O)(=O)[O-])cc(S(=O)(=O)[O-])c45)ccc3C)c2)c1. The lowest BCUT2D eigenvalue weighted by Gasteiger charge is -2.20. The number of amides is 5. The van der Waals surface area contributed by atoms with Crippen LogP contribution in [0, 0.1) is 13.8 Å². The molecule has 34 heteroatoms. The molecular weight excluding hydrogens is 1250 g/mol. The number of fused-ring (bicyclic) bond motifs is 2. The summed E-state index contributed by atoms with van der Waals surface area (Å²) < 4.78 is 216. The topological polar surface area (TPSA) is 486 Å². The minimum atomic E-state index is -5.73. The van der Waals surface area contributed by atoms with Gasteiger partial charge < -0.3 is 49.3 Å². The van der Waals surface area contributed by atoms with Crippen LogP contribution in [0.3, 0.4) is 0 Å². The van der Waals surface area contributed by atoms with Crippen LogP contribution in [0.2, 0.25) is 0 Å². The number of nitrogens with one attached hydrogen (secondary N) is 5. The van der Waals surface area contributed by atoms with E-state index >= 15 is 0 Å². The fraction of sp³-hybridized carbons (Fsp3) is 0.0577. The Morgan fingerprint density at radius 2 is 0.802 bits per heavy atom. The van der Waals surface area contributed by atoms with E-state index in [2.05, 4.69) is 26.6 Å². The summed E-state index contributed by atoms with van der Waals surface area (Å²) in [4.78, 5) is 60.1. The van der Waals surface area contributed by atoms with Gasteiger partial charge in [0.05, 0.1) is 30.2 Å². The Balaban J connectivity index is 0.946. The van der Waals surface area contributed by atoms with Gasteiger partial charge in [-0.1, -0.05) is 36.4 Å². The minimum absolute atomic E-state index is 0.0263. The standard InChI is InChI=1S/C52H41N5O23S6/c1-26-9-11-28(42(58)21-29-13-15-43(83(69,70)71)37-22-35(81(63,64)65)24-45(47(29)37)85(75,76)77)19-40(26)56-49(59)30-5-3-7-33(17-30)53-52(62)54-34-8-4-6-31(18-34)50(60)57-41-20-32(12-10-27(41)2)51(61)55-39-14-16-44(84(72,73)74)38-23-36(82(66,67)68)25-46(48(38)39)86(78,79)80/h3-20,22-25H,21H2,1-2H3,(H,55,61)(H,56,59)(H,57,60)(H2,53,54,62)(H,63,64,65)(H,66,67,68)(H,69,70,71)(H,72,73,74)(H,75,76,77)(H,78,79,80)/p-5. The Morgan fingerprint density at radius 3 is 1.26 bits per heavy atom. The second-order valence-corrected chi connectivity index (χ2v) is 26.7. The van der Waals surface area contributed by atoms with Crippen molar-refractivity contribution in [3.05, 3.63) is 172 Å². The summed E-state index contributed by atoms with van der Waals surface area (Å²) in [6.07, 6.45) is -0.795. The molecule has 28 nitrogen and oxygen atoms in total. The Labute approximate surface area is 487 Å². The first kappa shape index (κ1) is 63.1. The van der Waals surface area contributed by atoms with Crippen LogP contribution in [0.5, 0.6) is 0 Å². The van der Waals surface area contributed by atoms with E-state index in [4.69, 9.17) is 0 Å². The van der Waals surface area contributed by atoms with E-state index in [9.17, 15) is 102 Å². The molecule has 0 fully saturated rings. The van der Waals surface area contributed by atoms with Gasteiger partial charge in [0.25, 0.3) is 27.8 Å². The van der Waals surface area contributed by atoms with E-state index < -0.39 is 153 Å². The second kappa shape index (κ2) is 23.2. The Kier molecular flexibility index (Phi) is 17.0. The number of aryl methyl sites for hydroxylation is 2. The first-order valence-corrected chi connectivity index (χ1v) is 32.2. The van der Waals surface area contributed by atoms with E-state index in [0.29, 0.717) is 35.4 Å². The number of urea groups is 1. The first-order valence-electron chi connectivity index (χ1n) is 23.7. The van der Waals surface area contributed by atoms with Gasteiger partial charge in [-0.25, -0.2) is 46.9 Å². The molecule has 448 valence electrons. The Bertz CT molecular complexity index is 4710. The lowest BCUT2D eigenvalue weighted by atomic mass is 9.96. The normalized spacial score (nSPS) is 12.3. The molecule has 0 aliphatic rings. The van der Waals surface area contributed by atoms with Crippen molar-refractivity contribution in [1.82, 2.24) is 0 Å². The third kappa shape index (κ3) is 14.1. The molecule has 8 aromatic rings. The van der Waals surface area contributed by atoms with Crippen LogP contribution >= 0.6 is 0 Å². The number of Topliss-reactive ketones (excluding diaryl/α,β-unsaturated/α-hetero) is 1. The van der Waals surface area contributed by atoms with Crippen molar-refractivity contribution < 1.29 is 102 Å². The van der Waals surface area contributed by atoms with Gasteiger partial charge >= 0.3 is 6.03 Å². The van der Waals surface area contributed by atoms with Crippen molar-refractivity contribution in [2.45, 2.75) is 49.6 Å². The largest absolute Gasteiger partial charge is 0.744 e. The molecule has 0 radical (unpaired) electrons. The average Bonchev–Trinajstić information content (AvgIpc) is 0.808. The fourth-order valence-corrected chi connectivity index (χ4v) is 12.7. The molecule has 0 aliphatic carbocycles. The van der Waals surface area contributed by atoms with Gasteiger partial charge in [-0.05, 0) is 128 Å². The molecule has 0 aromatic heterocycles. The van der Waals surface area contributed by atoms with E-state index in [1.54, 1.807) is 13.8 Å². The number of benzene rings is 8. The maximum Gasteiger partial charge on any atom is 0.323 e. The van der Waals surface area contributed by atoms with Crippen LogP contribution in [-0.2, 0) is 67.1 Å². The molecule has 0 bridgehead atoms. The smallest absolute Gasteiger partial charge is 0.323 e. The molecule has 86 heavy (non-hydrogen) atoms. The lowest BCUT2D eigenvalue weighted by Crippen LogP contribution is -2.20. The molecule has 5 amide bonds. The Morgan fingerprint density at radius 1 is 0.395 bits per heavy atom. The molecule has 0 heterocycles. The molecule has 6 N–H and O–H groups in total. The van der Waals surface area contributed by atoms with Crippen LogP contribution in [0.1, 0.15) is 58.1 Å². The maximum atomic E-state index is 13.8. The highest BCUT2D eigenvalue weighted by Crippen LogP contribution is 2.38. The maximum absolute atomic E-state index is 13.8. The molecule has 0 unspecified atom stereocenters. The highest BCUT2D eigenvalue weighted by molar-refractivity contribution is 7.88. The van der Waals surface area contributed by atoms with Gasteiger partial charge in [-0.15, -0.1) is 0 Å². The number of ketones is 1. The molecule has 8 rings (SSSR count). The highest BCUT2D eigenvalue weighted by atomic mass is 32.2. The summed E-state index contributed by atoms with van der Waals surface area (Å²) in [6, 6.07) is 22.0.